The molecule has 2 nitrogen and oxygen atoms in total. The smallest absolute Gasteiger partial charge is 0.0862 e. The molecule has 0 radical (unpaired) electrons. The minimum Gasteiger partial charge on any atom is -0.232 e. The average molecular weight is 372 g/mol. The van der Waals surface area contributed by atoms with Crippen LogP contribution in [0.1, 0.15) is 11.3 Å². The second kappa shape index (κ2) is 7.61. The van der Waals surface area contributed by atoms with Crippen LogP contribution in [0.5, 0.6) is 0 Å². The first-order valence-electron chi connectivity index (χ1n) is 9.75. The maximum absolute atomic E-state index is 4.95. The van der Waals surface area contributed by atoms with Gasteiger partial charge in [-0.25, -0.2) is 4.68 Å². The highest BCUT2D eigenvalue weighted by atomic mass is 15.3. The summed E-state index contributed by atoms with van der Waals surface area (Å²) in [6.45, 7) is 0. The highest BCUT2D eigenvalue weighted by Gasteiger charge is 2.12. The molecule has 0 aliphatic heterocycles. The van der Waals surface area contributed by atoms with E-state index in [1.165, 1.54) is 10.8 Å². The van der Waals surface area contributed by atoms with E-state index in [1.807, 2.05) is 24.3 Å². The molecule has 0 unspecified atom stereocenters. The Morgan fingerprint density at radius 2 is 1.31 bits per heavy atom. The van der Waals surface area contributed by atoms with Crippen molar-refractivity contribution in [3.8, 4) is 16.9 Å². The third-order valence-electron chi connectivity index (χ3n) is 5.04. The zero-order valence-corrected chi connectivity index (χ0v) is 15.9. The van der Waals surface area contributed by atoms with Gasteiger partial charge in [0.05, 0.1) is 17.1 Å². The Hall–Kier alpha value is -3.91. The molecule has 0 saturated heterocycles. The zero-order chi connectivity index (χ0) is 19.5. The minimum atomic E-state index is 0.931. The Morgan fingerprint density at radius 1 is 0.621 bits per heavy atom. The Balaban J connectivity index is 1.67. The van der Waals surface area contributed by atoms with Crippen molar-refractivity contribution in [2.24, 2.45) is 0 Å². The SMILES string of the molecule is C(=Cc1cc(-c2ccccc2)n(-c2cccc3ccccc23)n1)c1ccccc1. The second-order valence-corrected chi connectivity index (χ2v) is 6.97. The van der Waals surface area contributed by atoms with Crippen molar-refractivity contribution in [1.29, 1.82) is 0 Å². The standard InChI is InChI=1S/C27H20N2/c1-3-10-21(11-4-1)18-19-24-20-27(23-13-5-2-6-14-23)29(28-24)26-17-9-15-22-12-7-8-16-25(22)26/h1-20H. The van der Waals surface area contributed by atoms with Crippen molar-refractivity contribution in [3.63, 3.8) is 0 Å². The molecule has 5 rings (SSSR count). The maximum atomic E-state index is 4.95. The molecule has 1 heterocycles. The lowest BCUT2D eigenvalue weighted by Crippen LogP contribution is -2.00. The molecule has 0 N–H and O–H groups in total. The van der Waals surface area contributed by atoms with Gasteiger partial charge in [-0.05, 0) is 29.2 Å². The van der Waals surface area contributed by atoms with Crippen LogP contribution in [0.25, 0.3) is 39.9 Å². The van der Waals surface area contributed by atoms with Crippen LogP contribution >= 0.6 is 0 Å². The molecule has 4 aromatic carbocycles. The first-order valence-corrected chi connectivity index (χ1v) is 9.75. The van der Waals surface area contributed by atoms with Gasteiger partial charge in [0, 0.05) is 10.9 Å². The summed E-state index contributed by atoms with van der Waals surface area (Å²) in [5, 5.41) is 7.35. The Bertz CT molecular complexity index is 1280. The number of rotatable bonds is 4. The van der Waals surface area contributed by atoms with Crippen molar-refractivity contribution in [2.75, 3.05) is 0 Å². The monoisotopic (exact) mass is 372 g/mol. The van der Waals surface area contributed by atoms with Crippen LogP contribution in [0, 0.1) is 0 Å². The number of fused-ring (bicyclic) bond motifs is 1. The summed E-state index contributed by atoms with van der Waals surface area (Å²) in [4.78, 5) is 0. The van der Waals surface area contributed by atoms with E-state index in [2.05, 4.69) is 102 Å². The molecule has 0 fully saturated rings. The topological polar surface area (TPSA) is 17.8 Å². The lowest BCUT2D eigenvalue weighted by Gasteiger charge is -2.10. The molecule has 0 amide bonds. The van der Waals surface area contributed by atoms with E-state index in [0.29, 0.717) is 0 Å². The van der Waals surface area contributed by atoms with Crippen molar-refractivity contribution in [1.82, 2.24) is 9.78 Å². The number of hydrogen-bond acceptors (Lipinski definition) is 1. The summed E-state index contributed by atoms with van der Waals surface area (Å²) in [7, 11) is 0. The van der Waals surface area contributed by atoms with Crippen LogP contribution in [0.3, 0.4) is 0 Å². The fraction of sp³-hybridized carbons (Fsp3) is 0. The summed E-state index contributed by atoms with van der Waals surface area (Å²) < 4.78 is 2.06. The highest BCUT2D eigenvalue weighted by Crippen LogP contribution is 2.29. The maximum Gasteiger partial charge on any atom is 0.0862 e. The number of benzene rings is 4. The van der Waals surface area contributed by atoms with Gasteiger partial charge in [0.25, 0.3) is 0 Å². The predicted octanol–water partition coefficient (Wildman–Crippen LogP) is 6.86. The first-order chi connectivity index (χ1) is 14.4. The zero-order valence-electron chi connectivity index (χ0n) is 15.9. The third-order valence-corrected chi connectivity index (χ3v) is 5.04. The molecule has 1 aromatic heterocycles. The molecule has 29 heavy (non-hydrogen) atoms. The Labute approximate surface area is 170 Å². The van der Waals surface area contributed by atoms with Crippen molar-refractivity contribution in [2.45, 2.75) is 0 Å². The number of hydrogen-bond donors (Lipinski definition) is 0. The van der Waals surface area contributed by atoms with Gasteiger partial charge in [-0.3, -0.25) is 0 Å². The van der Waals surface area contributed by atoms with Gasteiger partial charge >= 0.3 is 0 Å². The van der Waals surface area contributed by atoms with Gasteiger partial charge in [-0.2, -0.15) is 5.10 Å². The Kier molecular flexibility index (Phi) is 4.51. The fourth-order valence-electron chi connectivity index (χ4n) is 3.62. The van der Waals surface area contributed by atoms with Crippen LogP contribution < -0.4 is 0 Å². The van der Waals surface area contributed by atoms with Gasteiger partial charge in [0.15, 0.2) is 0 Å². The van der Waals surface area contributed by atoms with Crippen LogP contribution in [0.2, 0.25) is 0 Å². The van der Waals surface area contributed by atoms with E-state index in [9.17, 15) is 0 Å². The van der Waals surface area contributed by atoms with E-state index in [0.717, 1.165) is 28.2 Å². The van der Waals surface area contributed by atoms with E-state index >= 15 is 0 Å². The molecular weight excluding hydrogens is 352 g/mol. The van der Waals surface area contributed by atoms with Crippen LogP contribution in [-0.4, -0.2) is 9.78 Å². The molecule has 5 aromatic rings. The lowest BCUT2D eigenvalue weighted by molar-refractivity contribution is 0.890. The quantitative estimate of drug-likeness (QED) is 0.337. The van der Waals surface area contributed by atoms with E-state index in [4.69, 9.17) is 5.10 Å². The Morgan fingerprint density at radius 3 is 2.14 bits per heavy atom. The molecule has 2 heteroatoms. The highest BCUT2D eigenvalue weighted by molar-refractivity contribution is 5.91. The fourth-order valence-corrected chi connectivity index (χ4v) is 3.62. The molecule has 0 aliphatic carbocycles. The molecule has 0 atom stereocenters. The lowest BCUT2D eigenvalue weighted by atomic mass is 10.1. The molecule has 0 spiro atoms. The van der Waals surface area contributed by atoms with E-state index in [-0.39, 0.29) is 0 Å². The third kappa shape index (κ3) is 3.48. The molecule has 0 aliphatic rings. The van der Waals surface area contributed by atoms with E-state index in [1.54, 1.807) is 0 Å². The largest absolute Gasteiger partial charge is 0.232 e. The number of aromatic nitrogens is 2. The van der Waals surface area contributed by atoms with Crippen LogP contribution in [-0.2, 0) is 0 Å². The van der Waals surface area contributed by atoms with Gasteiger partial charge in [0.2, 0.25) is 0 Å². The molecule has 138 valence electrons. The van der Waals surface area contributed by atoms with Gasteiger partial charge in [-0.1, -0.05) is 103 Å². The van der Waals surface area contributed by atoms with Gasteiger partial charge in [0.1, 0.15) is 0 Å². The summed E-state index contributed by atoms with van der Waals surface area (Å²) in [6, 6.07) is 37.7. The van der Waals surface area contributed by atoms with Crippen molar-refractivity contribution < 1.29 is 0 Å². The van der Waals surface area contributed by atoms with E-state index < -0.39 is 0 Å². The van der Waals surface area contributed by atoms with Crippen LogP contribution in [0.4, 0.5) is 0 Å². The second-order valence-electron chi connectivity index (χ2n) is 6.97. The van der Waals surface area contributed by atoms with Crippen molar-refractivity contribution >= 4 is 22.9 Å². The molecule has 0 saturated carbocycles. The van der Waals surface area contributed by atoms with Crippen LogP contribution in [0.15, 0.2) is 109 Å². The minimum absolute atomic E-state index is 0.931. The summed E-state index contributed by atoms with van der Waals surface area (Å²) >= 11 is 0. The average Bonchev–Trinajstić information content (AvgIpc) is 3.23. The van der Waals surface area contributed by atoms with Crippen molar-refractivity contribution in [3.05, 3.63) is 120 Å². The summed E-state index contributed by atoms with van der Waals surface area (Å²) in [5.74, 6) is 0. The molecular formula is C27H20N2. The predicted molar refractivity (Wildman–Crippen MR) is 122 cm³/mol. The normalized spacial score (nSPS) is 11.3. The summed E-state index contributed by atoms with van der Waals surface area (Å²) in [6.07, 6.45) is 4.17. The van der Waals surface area contributed by atoms with Gasteiger partial charge < -0.3 is 0 Å². The molecule has 0 bridgehead atoms. The number of nitrogens with zero attached hydrogens (tertiary/aromatic N) is 2. The van der Waals surface area contributed by atoms with Gasteiger partial charge in [-0.15, -0.1) is 0 Å². The summed E-state index contributed by atoms with van der Waals surface area (Å²) in [5.41, 5.74) is 5.40. The first kappa shape index (κ1) is 17.2.